The molecule has 1 amide bonds. The largest absolute Gasteiger partial charge is 0.497 e. The topological polar surface area (TPSA) is 72.2 Å². The summed E-state index contributed by atoms with van der Waals surface area (Å²) < 4.78 is 15.7. The molecule has 2 aromatic carbocycles. The molecule has 1 aliphatic heterocycles. The molecule has 1 saturated heterocycles. The van der Waals surface area contributed by atoms with E-state index in [1.807, 2.05) is 24.3 Å². The average Bonchev–Trinajstić information content (AvgIpc) is 2.78. The number of piperazine rings is 1. The summed E-state index contributed by atoms with van der Waals surface area (Å²) in [6.45, 7) is 2.43. The van der Waals surface area contributed by atoms with E-state index in [-0.39, 0.29) is 11.5 Å². The van der Waals surface area contributed by atoms with Gasteiger partial charge < -0.3 is 23.7 Å². The van der Waals surface area contributed by atoms with Crippen molar-refractivity contribution in [3.05, 3.63) is 64.5 Å². The van der Waals surface area contributed by atoms with Gasteiger partial charge in [0.1, 0.15) is 22.6 Å². The molecule has 4 rings (SSSR count). The fourth-order valence-electron chi connectivity index (χ4n) is 3.51. The maximum Gasteiger partial charge on any atom is 0.349 e. The average molecular weight is 394 g/mol. The van der Waals surface area contributed by atoms with Crippen LogP contribution in [-0.2, 0) is 0 Å². The molecular formula is C22H22N2O5. The minimum Gasteiger partial charge on any atom is -0.497 e. The summed E-state index contributed by atoms with van der Waals surface area (Å²) in [5.41, 5.74) is 0.931. The second-order valence-electron chi connectivity index (χ2n) is 6.83. The van der Waals surface area contributed by atoms with Gasteiger partial charge in [-0.3, -0.25) is 4.79 Å². The fraction of sp³-hybridized carbons (Fsp3) is 0.273. The van der Waals surface area contributed by atoms with Crippen LogP contribution in [0.4, 0.5) is 5.69 Å². The molecule has 0 radical (unpaired) electrons. The van der Waals surface area contributed by atoms with Crippen molar-refractivity contribution >= 4 is 22.6 Å². The molecule has 0 bridgehead atoms. The van der Waals surface area contributed by atoms with Crippen molar-refractivity contribution in [3.8, 4) is 11.5 Å². The van der Waals surface area contributed by atoms with Crippen molar-refractivity contribution in [2.24, 2.45) is 0 Å². The lowest BCUT2D eigenvalue weighted by Crippen LogP contribution is -2.49. The number of anilines is 1. The van der Waals surface area contributed by atoms with Crippen molar-refractivity contribution in [3.63, 3.8) is 0 Å². The van der Waals surface area contributed by atoms with Crippen LogP contribution in [0.5, 0.6) is 11.5 Å². The summed E-state index contributed by atoms with van der Waals surface area (Å²) in [4.78, 5) is 29.2. The summed E-state index contributed by atoms with van der Waals surface area (Å²) in [7, 11) is 3.20. The maximum atomic E-state index is 12.9. The molecule has 0 spiro atoms. The highest BCUT2D eigenvalue weighted by Gasteiger charge is 2.25. The number of nitrogens with zero attached hydrogens (tertiary/aromatic N) is 2. The Labute approximate surface area is 168 Å². The first-order valence-electron chi connectivity index (χ1n) is 9.39. The Hall–Kier alpha value is -3.48. The Morgan fingerprint density at radius 1 is 0.897 bits per heavy atom. The van der Waals surface area contributed by atoms with E-state index in [0.717, 1.165) is 11.4 Å². The van der Waals surface area contributed by atoms with Gasteiger partial charge in [-0.25, -0.2) is 4.79 Å². The van der Waals surface area contributed by atoms with Gasteiger partial charge in [0.15, 0.2) is 0 Å². The summed E-state index contributed by atoms with van der Waals surface area (Å²) in [6, 6.07) is 14.5. The van der Waals surface area contributed by atoms with Crippen LogP contribution >= 0.6 is 0 Å². The van der Waals surface area contributed by atoms with Gasteiger partial charge in [-0.05, 0) is 48.5 Å². The van der Waals surface area contributed by atoms with Crippen molar-refractivity contribution in [2.45, 2.75) is 0 Å². The van der Waals surface area contributed by atoms with E-state index >= 15 is 0 Å². The van der Waals surface area contributed by atoms with Gasteiger partial charge in [0, 0.05) is 37.3 Å². The molecular weight excluding hydrogens is 372 g/mol. The van der Waals surface area contributed by atoms with Gasteiger partial charge in [-0.15, -0.1) is 0 Å². The number of hydrogen-bond acceptors (Lipinski definition) is 6. The highest BCUT2D eigenvalue weighted by molar-refractivity contribution is 5.97. The van der Waals surface area contributed by atoms with Gasteiger partial charge in [0.2, 0.25) is 0 Å². The zero-order valence-electron chi connectivity index (χ0n) is 16.4. The summed E-state index contributed by atoms with van der Waals surface area (Å²) in [5, 5.41) is 0.657. The van der Waals surface area contributed by atoms with Gasteiger partial charge in [0.25, 0.3) is 5.91 Å². The van der Waals surface area contributed by atoms with E-state index in [1.54, 1.807) is 43.4 Å². The van der Waals surface area contributed by atoms with Crippen LogP contribution < -0.4 is 20.0 Å². The summed E-state index contributed by atoms with van der Waals surface area (Å²) in [5.74, 6) is 1.14. The van der Waals surface area contributed by atoms with Crippen LogP contribution in [0.25, 0.3) is 11.0 Å². The van der Waals surface area contributed by atoms with Gasteiger partial charge in [-0.1, -0.05) is 0 Å². The number of carbonyl (C=O) groups is 1. The molecule has 0 aliphatic carbocycles. The molecule has 0 atom stereocenters. The number of benzene rings is 2. The highest BCUT2D eigenvalue weighted by Crippen LogP contribution is 2.23. The van der Waals surface area contributed by atoms with Crippen molar-refractivity contribution in [1.29, 1.82) is 0 Å². The predicted octanol–water partition coefficient (Wildman–Crippen LogP) is 2.77. The number of amides is 1. The third-order valence-corrected chi connectivity index (χ3v) is 5.17. The number of methoxy groups -OCH3 is 2. The van der Waals surface area contributed by atoms with Crippen molar-refractivity contribution < 1.29 is 18.7 Å². The second-order valence-corrected chi connectivity index (χ2v) is 6.83. The molecule has 2 heterocycles. The molecule has 0 N–H and O–H groups in total. The molecule has 3 aromatic rings. The normalized spacial score (nSPS) is 14.1. The first-order valence-corrected chi connectivity index (χ1v) is 9.39. The SMILES string of the molecule is COc1ccc(N2CCN(C(=O)c3cc4cc(OC)ccc4oc3=O)CC2)cc1. The van der Waals surface area contributed by atoms with Crippen LogP contribution in [0.15, 0.2) is 57.7 Å². The Balaban J connectivity index is 1.50. The van der Waals surface area contributed by atoms with Crippen molar-refractivity contribution in [1.82, 2.24) is 4.90 Å². The lowest BCUT2D eigenvalue weighted by Gasteiger charge is -2.36. The lowest BCUT2D eigenvalue weighted by atomic mass is 10.1. The molecule has 29 heavy (non-hydrogen) atoms. The Kier molecular flexibility index (Phi) is 5.12. The highest BCUT2D eigenvalue weighted by atomic mass is 16.5. The molecule has 1 aromatic heterocycles. The molecule has 1 fully saturated rings. The standard InChI is InChI=1S/C22H22N2O5/c1-27-17-5-3-16(4-6-17)23-9-11-24(12-10-23)21(25)19-14-15-13-18(28-2)7-8-20(15)29-22(19)26/h3-8,13-14H,9-12H2,1-2H3. The molecule has 7 heteroatoms. The van der Waals surface area contributed by atoms with E-state index in [2.05, 4.69) is 4.90 Å². The number of hydrogen-bond donors (Lipinski definition) is 0. The molecule has 150 valence electrons. The number of carbonyl (C=O) groups excluding carboxylic acids is 1. The van der Waals surface area contributed by atoms with E-state index < -0.39 is 5.63 Å². The van der Waals surface area contributed by atoms with Crippen LogP contribution in [-0.4, -0.2) is 51.2 Å². The van der Waals surface area contributed by atoms with E-state index in [9.17, 15) is 9.59 Å². The number of fused-ring (bicyclic) bond motifs is 1. The van der Waals surface area contributed by atoms with E-state index in [1.165, 1.54) is 0 Å². The lowest BCUT2D eigenvalue weighted by molar-refractivity contribution is 0.0742. The molecule has 0 saturated carbocycles. The maximum absolute atomic E-state index is 12.9. The minimum absolute atomic E-state index is 0.0450. The summed E-state index contributed by atoms with van der Waals surface area (Å²) >= 11 is 0. The van der Waals surface area contributed by atoms with Crippen LogP contribution in [0.3, 0.4) is 0 Å². The smallest absolute Gasteiger partial charge is 0.349 e. The Bertz CT molecular complexity index is 1080. The van der Waals surface area contributed by atoms with E-state index in [4.69, 9.17) is 13.9 Å². The quantitative estimate of drug-likeness (QED) is 0.634. The van der Waals surface area contributed by atoms with Crippen LogP contribution in [0, 0.1) is 0 Å². The third-order valence-electron chi connectivity index (χ3n) is 5.17. The second kappa shape index (κ2) is 7.87. The minimum atomic E-state index is -0.620. The van der Waals surface area contributed by atoms with Gasteiger partial charge in [-0.2, -0.15) is 0 Å². The number of ether oxygens (including phenoxy) is 2. The monoisotopic (exact) mass is 394 g/mol. The fourth-order valence-corrected chi connectivity index (χ4v) is 3.51. The Morgan fingerprint density at radius 3 is 2.21 bits per heavy atom. The van der Waals surface area contributed by atoms with Crippen LogP contribution in [0.1, 0.15) is 10.4 Å². The van der Waals surface area contributed by atoms with Gasteiger partial charge >= 0.3 is 5.63 Å². The zero-order chi connectivity index (χ0) is 20.4. The Morgan fingerprint density at radius 2 is 1.55 bits per heavy atom. The first-order chi connectivity index (χ1) is 14.1. The molecule has 0 unspecified atom stereocenters. The molecule has 1 aliphatic rings. The van der Waals surface area contributed by atoms with Gasteiger partial charge in [0.05, 0.1) is 14.2 Å². The van der Waals surface area contributed by atoms with Crippen LogP contribution in [0.2, 0.25) is 0 Å². The third kappa shape index (κ3) is 3.76. The summed E-state index contributed by atoms with van der Waals surface area (Å²) in [6.07, 6.45) is 0. The zero-order valence-corrected chi connectivity index (χ0v) is 16.4. The van der Waals surface area contributed by atoms with E-state index in [0.29, 0.717) is 42.9 Å². The number of rotatable bonds is 4. The predicted molar refractivity (Wildman–Crippen MR) is 110 cm³/mol. The van der Waals surface area contributed by atoms with Crippen molar-refractivity contribution in [2.75, 3.05) is 45.3 Å². The molecule has 7 nitrogen and oxygen atoms in total. The first kappa shape index (κ1) is 18.9.